The van der Waals surface area contributed by atoms with Crippen molar-refractivity contribution in [3.8, 4) is 5.75 Å². The van der Waals surface area contributed by atoms with Crippen molar-refractivity contribution in [2.45, 2.75) is 26.9 Å². The van der Waals surface area contributed by atoms with E-state index in [1.807, 2.05) is 18.7 Å². The van der Waals surface area contributed by atoms with Gasteiger partial charge in [0.25, 0.3) is 0 Å². The number of carbonyl (C=O) groups excluding carboxylic acids is 1. The van der Waals surface area contributed by atoms with Gasteiger partial charge in [-0.25, -0.2) is 0 Å². The van der Waals surface area contributed by atoms with Crippen LogP contribution in [-0.2, 0) is 4.79 Å². The second-order valence-electron chi connectivity index (χ2n) is 5.16. The minimum Gasteiger partial charge on any atom is -0.507 e. The van der Waals surface area contributed by atoms with E-state index in [2.05, 4.69) is 0 Å². The maximum atomic E-state index is 11.1. The van der Waals surface area contributed by atoms with Gasteiger partial charge in [0.1, 0.15) is 5.75 Å². The first kappa shape index (κ1) is 15.3. The molecule has 0 heterocycles. The van der Waals surface area contributed by atoms with E-state index in [1.54, 1.807) is 25.1 Å². The first-order chi connectivity index (χ1) is 8.81. The second-order valence-corrected chi connectivity index (χ2v) is 5.16. The molecule has 0 saturated carbocycles. The van der Waals surface area contributed by atoms with E-state index in [4.69, 9.17) is 5.73 Å². The number of aliphatic hydroxyl groups is 1. The van der Waals surface area contributed by atoms with Crippen molar-refractivity contribution in [3.63, 3.8) is 0 Å². The van der Waals surface area contributed by atoms with E-state index in [9.17, 15) is 15.0 Å². The van der Waals surface area contributed by atoms with Gasteiger partial charge in [-0.15, -0.1) is 0 Å². The number of aliphatic hydroxyl groups excluding tert-OH is 1. The van der Waals surface area contributed by atoms with Crippen LogP contribution in [0.1, 0.15) is 32.4 Å². The molecule has 5 heteroatoms. The Labute approximate surface area is 113 Å². The first-order valence-electron chi connectivity index (χ1n) is 6.35. The van der Waals surface area contributed by atoms with Gasteiger partial charge in [0.2, 0.25) is 5.91 Å². The van der Waals surface area contributed by atoms with E-state index >= 15 is 0 Å². The molecule has 1 aromatic carbocycles. The SMILES string of the molecule is CC(C)CN(CC(N)=O)c1ccc(C(C)O)c(O)c1. The molecule has 106 valence electrons. The number of carbonyl (C=O) groups is 1. The van der Waals surface area contributed by atoms with Gasteiger partial charge in [-0.3, -0.25) is 4.79 Å². The van der Waals surface area contributed by atoms with Crippen LogP contribution in [0.4, 0.5) is 5.69 Å². The molecule has 1 aromatic rings. The Morgan fingerprint density at radius 3 is 2.42 bits per heavy atom. The third-order valence-corrected chi connectivity index (χ3v) is 2.76. The van der Waals surface area contributed by atoms with Crippen LogP contribution in [0.3, 0.4) is 0 Å². The summed E-state index contributed by atoms with van der Waals surface area (Å²) in [6.45, 7) is 6.43. The summed E-state index contributed by atoms with van der Waals surface area (Å²) in [7, 11) is 0. The van der Waals surface area contributed by atoms with Gasteiger partial charge in [-0.2, -0.15) is 0 Å². The Balaban J connectivity index is 3.02. The molecule has 4 N–H and O–H groups in total. The van der Waals surface area contributed by atoms with Crippen LogP contribution >= 0.6 is 0 Å². The van der Waals surface area contributed by atoms with Crippen molar-refractivity contribution < 1.29 is 15.0 Å². The van der Waals surface area contributed by atoms with Crippen LogP contribution in [-0.4, -0.2) is 29.2 Å². The molecular formula is C14H22N2O3. The van der Waals surface area contributed by atoms with E-state index < -0.39 is 12.0 Å². The standard InChI is InChI=1S/C14H22N2O3/c1-9(2)7-16(8-14(15)19)11-4-5-12(10(3)17)13(18)6-11/h4-6,9-10,17-18H,7-8H2,1-3H3,(H2,15,19). The fraction of sp³-hybridized carbons (Fsp3) is 0.500. The largest absolute Gasteiger partial charge is 0.507 e. The van der Waals surface area contributed by atoms with Crippen LogP contribution < -0.4 is 10.6 Å². The second kappa shape index (κ2) is 6.43. The smallest absolute Gasteiger partial charge is 0.236 e. The summed E-state index contributed by atoms with van der Waals surface area (Å²) in [5, 5.41) is 19.4. The van der Waals surface area contributed by atoms with Crippen LogP contribution in [0, 0.1) is 5.92 Å². The predicted molar refractivity (Wildman–Crippen MR) is 75.0 cm³/mol. The number of rotatable bonds is 6. The number of phenols is 1. The third kappa shape index (κ3) is 4.44. The lowest BCUT2D eigenvalue weighted by Crippen LogP contribution is -2.36. The van der Waals surface area contributed by atoms with Crippen molar-refractivity contribution >= 4 is 11.6 Å². The summed E-state index contributed by atoms with van der Waals surface area (Å²) < 4.78 is 0. The first-order valence-corrected chi connectivity index (χ1v) is 6.35. The zero-order chi connectivity index (χ0) is 14.6. The molecule has 19 heavy (non-hydrogen) atoms. The monoisotopic (exact) mass is 266 g/mol. The van der Waals surface area contributed by atoms with Crippen molar-refractivity contribution in [1.29, 1.82) is 0 Å². The van der Waals surface area contributed by atoms with E-state index in [-0.39, 0.29) is 12.3 Å². The van der Waals surface area contributed by atoms with Gasteiger partial charge < -0.3 is 20.8 Å². The minimum atomic E-state index is -0.733. The Morgan fingerprint density at radius 1 is 1.37 bits per heavy atom. The number of amides is 1. The molecule has 1 unspecified atom stereocenters. The van der Waals surface area contributed by atoms with Crippen molar-refractivity contribution in [2.24, 2.45) is 11.7 Å². The van der Waals surface area contributed by atoms with Gasteiger partial charge in [0.15, 0.2) is 0 Å². The molecule has 0 fully saturated rings. The molecule has 1 rings (SSSR count). The highest BCUT2D eigenvalue weighted by atomic mass is 16.3. The quantitative estimate of drug-likeness (QED) is 0.726. The molecule has 0 aromatic heterocycles. The Kier molecular flexibility index (Phi) is 5.18. The normalized spacial score (nSPS) is 12.5. The maximum absolute atomic E-state index is 11.1. The molecule has 0 aliphatic heterocycles. The zero-order valence-electron chi connectivity index (χ0n) is 11.6. The highest BCUT2D eigenvalue weighted by Gasteiger charge is 2.14. The van der Waals surface area contributed by atoms with E-state index in [0.29, 0.717) is 18.0 Å². The summed E-state index contributed by atoms with van der Waals surface area (Å²) in [6.07, 6.45) is -0.733. The molecule has 0 radical (unpaired) electrons. The molecule has 1 atom stereocenters. The number of hydrogen-bond donors (Lipinski definition) is 3. The molecule has 1 amide bonds. The molecule has 0 aliphatic rings. The summed E-state index contributed by atoms with van der Waals surface area (Å²) in [5.41, 5.74) is 6.42. The van der Waals surface area contributed by atoms with Crippen molar-refractivity contribution in [2.75, 3.05) is 18.0 Å². The van der Waals surface area contributed by atoms with Gasteiger partial charge in [-0.1, -0.05) is 19.9 Å². The topological polar surface area (TPSA) is 86.8 Å². The van der Waals surface area contributed by atoms with Crippen LogP contribution in [0.2, 0.25) is 0 Å². The molecule has 0 spiro atoms. The number of hydrogen-bond acceptors (Lipinski definition) is 4. The minimum absolute atomic E-state index is 0.0192. The molecule has 0 bridgehead atoms. The van der Waals surface area contributed by atoms with E-state index in [1.165, 1.54) is 0 Å². The van der Waals surface area contributed by atoms with Gasteiger partial charge >= 0.3 is 0 Å². The van der Waals surface area contributed by atoms with Crippen LogP contribution in [0.5, 0.6) is 5.75 Å². The maximum Gasteiger partial charge on any atom is 0.236 e. The van der Waals surface area contributed by atoms with Crippen molar-refractivity contribution in [3.05, 3.63) is 23.8 Å². The van der Waals surface area contributed by atoms with Crippen molar-refractivity contribution in [1.82, 2.24) is 0 Å². The third-order valence-electron chi connectivity index (χ3n) is 2.76. The van der Waals surface area contributed by atoms with Gasteiger partial charge in [-0.05, 0) is 18.9 Å². The Morgan fingerprint density at radius 2 is 2.00 bits per heavy atom. The number of nitrogens with two attached hydrogens (primary N) is 1. The predicted octanol–water partition coefficient (Wildman–Crippen LogP) is 1.39. The summed E-state index contributed by atoms with van der Waals surface area (Å²) in [4.78, 5) is 12.9. The highest BCUT2D eigenvalue weighted by molar-refractivity contribution is 5.79. The number of anilines is 1. The number of benzene rings is 1. The summed E-state index contributed by atoms with van der Waals surface area (Å²) >= 11 is 0. The highest BCUT2D eigenvalue weighted by Crippen LogP contribution is 2.29. The number of nitrogens with zero attached hydrogens (tertiary/aromatic N) is 1. The lowest BCUT2D eigenvalue weighted by molar-refractivity contribution is -0.116. The van der Waals surface area contributed by atoms with Gasteiger partial charge in [0, 0.05) is 23.9 Å². The molecule has 0 aliphatic carbocycles. The average Bonchev–Trinajstić information content (AvgIpc) is 2.26. The molecular weight excluding hydrogens is 244 g/mol. The fourth-order valence-electron chi connectivity index (χ4n) is 1.97. The average molecular weight is 266 g/mol. The number of aromatic hydroxyl groups is 1. The summed E-state index contributed by atoms with van der Waals surface area (Å²) in [6, 6.07) is 4.98. The lowest BCUT2D eigenvalue weighted by Gasteiger charge is -2.26. The zero-order valence-corrected chi connectivity index (χ0v) is 11.6. The van der Waals surface area contributed by atoms with E-state index in [0.717, 1.165) is 5.69 Å². The summed E-state index contributed by atoms with van der Waals surface area (Å²) in [5.74, 6) is -0.0385. The molecule has 0 saturated heterocycles. The fourth-order valence-corrected chi connectivity index (χ4v) is 1.97. The van der Waals surface area contributed by atoms with Crippen LogP contribution in [0.15, 0.2) is 18.2 Å². The lowest BCUT2D eigenvalue weighted by atomic mass is 10.1. The Hall–Kier alpha value is -1.75. The van der Waals surface area contributed by atoms with Crippen LogP contribution in [0.25, 0.3) is 0 Å². The number of phenolic OH excluding ortho intramolecular Hbond substituents is 1. The van der Waals surface area contributed by atoms with Gasteiger partial charge in [0.05, 0.1) is 12.6 Å². The molecule has 5 nitrogen and oxygen atoms in total. The number of primary amides is 1. The Bertz CT molecular complexity index is 444.